The van der Waals surface area contributed by atoms with Gasteiger partial charge in [0.05, 0.1) is 11.6 Å². The maximum absolute atomic E-state index is 9.02. The molecule has 109 valence electrons. The summed E-state index contributed by atoms with van der Waals surface area (Å²) in [5.74, 6) is 0. The zero-order valence-corrected chi connectivity index (χ0v) is 12.4. The van der Waals surface area contributed by atoms with E-state index in [9.17, 15) is 0 Å². The number of H-pyrrole nitrogens is 1. The molecule has 1 saturated heterocycles. The number of likely N-dealkylation sites (tertiary alicyclic amines) is 1. The van der Waals surface area contributed by atoms with E-state index in [0.717, 1.165) is 17.5 Å². The molecular weight excluding hydrogens is 258 g/mol. The van der Waals surface area contributed by atoms with E-state index in [2.05, 4.69) is 28.6 Å². The predicted octanol–water partition coefficient (Wildman–Crippen LogP) is 3.66. The second-order valence-corrected chi connectivity index (χ2v) is 5.85. The van der Waals surface area contributed by atoms with Crippen molar-refractivity contribution in [1.29, 1.82) is 5.26 Å². The monoisotopic (exact) mass is 280 g/mol. The van der Waals surface area contributed by atoms with Crippen LogP contribution in [0.4, 0.5) is 0 Å². The summed E-state index contributed by atoms with van der Waals surface area (Å²) in [5, 5.41) is 10.2. The van der Waals surface area contributed by atoms with Crippen LogP contribution in [-0.2, 0) is 6.42 Å². The van der Waals surface area contributed by atoms with Crippen LogP contribution >= 0.6 is 0 Å². The van der Waals surface area contributed by atoms with Crippen molar-refractivity contribution in [2.45, 2.75) is 32.1 Å². The lowest BCUT2D eigenvalue weighted by Gasteiger charge is -2.26. The van der Waals surface area contributed by atoms with Crippen molar-refractivity contribution >= 4 is 10.9 Å². The standard InChI is InChI=1S/C18H22N3/c19-13-15-7-8-18-17(12-15)16(14-20-18)6-2-5-11-21-9-3-1-4-10-21/h1,7-8,12,14,20H,2-6,9-11H2. The number of rotatable bonds is 5. The molecule has 1 fully saturated rings. The Labute approximate surface area is 126 Å². The van der Waals surface area contributed by atoms with Crippen molar-refractivity contribution in [2.24, 2.45) is 0 Å². The minimum absolute atomic E-state index is 0.743. The minimum atomic E-state index is 0.743. The van der Waals surface area contributed by atoms with E-state index in [4.69, 9.17) is 5.26 Å². The Kier molecular flexibility index (Phi) is 4.57. The molecule has 1 aliphatic rings. The molecule has 0 atom stereocenters. The van der Waals surface area contributed by atoms with Crippen LogP contribution in [-0.4, -0.2) is 29.5 Å². The van der Waals surface area contributed by atoms with Crippen LogP contribution in [0, 0.1) is 17.8 Å². The van der Waals surface area contributed by atoms with Crippen molar-refractivity contribution < 1.29 is 0 Å². The summed E-state index contributed by atoms with van der Waals surface area (Å²) >= 11 is 0. The van der Waals surface area contributed by atoms with E-state index in [1.807, 2.05) is 18.2 Å². The highest BCUT2D eigenvalue weighted by molar-refractivity contribution is 5.84. The molecule has 0 spiro atoms. The number of piperidine rings is 1. The van der Waals surface area contributed by atoms with Gasteiger partial charge in [-0.1, -0.05) is 0 Å². The van der Waals surface area contributed by atoms with E-state index in [0.29, 0.717) is 0 Å². The van der Waals surface area contributed by atoms with E-state index >= 15 is 0 Å². The number of nitrogens with one attached hydrogen (secondary N) is 1. The third-order valence-electron chi connectivity index (χ3n) is 4.37. The Bertz CT molecular complexity index is 629. The summed E-state index contributed by atoms with van der Waals surface area (Å²) in [4.78, 5) is 5.88. The zero-order valence-electron chi connectivity index (χ0n) is 12.4. The highest BCUT2D eigenvalue weighted by Gasteiger charge is 2.10. The maximum Gasteiger partial charge on any atom is 0.0991 e. The average Bonchev–Trinajstić information content (AvgIpc) is 2.95. The quantitative estimate of drug-likeness (QED) is 0.849. The SMILES string of the molecule is N#Cc1ccc2[nH]cc(CCCCN3CC[CH]CC3)c2c1. The number of hydrogen-bond donors (Lipinski definition) is 1. The molecule has 1 radical (unpaired) electrons. The molecule has 3 heteroatoms. The Morgan fingerprint density at radius 2 is 2.05 bits per heavy atom. The summed E-state index contributed by atoms with van der Waals surface area (Å²) < 4.78 is 0. The Morgan fingerprint density at radius 1 is 1.19 bits per heavy atom. The molecule has 1 aromatic carbocycles. The van der Waals surface area contributed by atoms with E-state index in [1.165, 1.54) is 56.3 Å². The fraction of sp³-hybridized carbons (Fsp3) is 0.444. The number of aromatic amines is 1. The van der Waals surface area contributed by atoms with Gasteiger partial charge in [-0.25, -0.2) is 0 Å². The molecule has 1 aromatic heterocycles. The van der Waals surface area contributed by atoms with Crippen molar-refractivity contribution in [3.63, 3.8) is 0 Å². The van der Waals surface area contributed by atoms with Gasteiger partial charge in [0.1, 0.15) is 0 Å². The molecule has 0 saturated carbocycles. The zero-order chi connectivity index (χ0) is 14.5. The fourth-order valence-corrected chi connectivity index (χ4v) is 3.13. The first-order valence-electron chi connectivity index (χ1n) is 7.91. The molecule has 21 heavy (non-hydrogen) atoms. The van der Waals surface area contributed by atoms with Gasteiger partial charge in [0.15, 0.2) is 0 Å². The van der Waals surface area contributed by atoms with Crippen LogP contribution in [0.5, 0.6) is 0 Å². The second-order valence-electron chi connectivity index (χ2n) is 5.85. The third-order valence-corrected chi connectivity index (χ3v) is 4.37. The topological polar surface area (TPSA) is 42.8 Å². The van der Waals surface area contributed by atoms with Crippen LogP contribution in [0.3, 0.4) is 0 Å². The number of aryl methyl sites for hydroxylation is 1. The maximum atomic E-state index is 9.02. The molecule has 3 rings (SSSR count). The van der Waals surface area contributed by atoms with Crippen LogP contribution in [0.2, 0.25) is 0 Å². The second kappa shape index (κ2) is 6.78. The van der Waals surface area contributed by atoms with Crippen molar-refractivity contribution in [3.8, 4) is 6.07 Å². The van der Waals surface area contributed by atoms with Gasteiger partial charge in [-0.3, -0.25) is 0 Å². The first kappa shape index (κ1) is 14.2. The van der Waals surface area contributed by atoms with Crippen LogP contribution in [0.1, 0.15) is 36.8 Å². The summed E-state index contributed by atoms with van der Waals surface area (Å²) in [6.45, 7) is 3.69. The lowest BCUT2D eigenvalue weighted by atomic mass is 10.0. The van der Waals surface area contributed by atoms with Gasteiger partial charge in [0, 0.05) is 17.1 Å². The third kappa shape index (κ3) is 3.46. The molecule has 1 N–H and O–H groups in total. The summed E-state index contributed by atoms with van der Waals surface area (Å²) in [6.07, 6.45) is 10.6. The van der Waals surface area contributed by atoms with Crippen molar-refractivity contribution in [1.82, 2.24) is 9.88 Å². The number of fused-ring (bicyclic) bond motifs is 1. The normalized spacial score (nSPS) is 16.1. The number of hydrogen-bond acceptors (Lipinski definition) is 2. The van der Waals surface area contributed by atoms with Gasteiger partial charge in [0.2, 0.25) is 0 Å². The molecule has 2 heterocycles. The minimum Gasteiger partial charge on any atom is -0.361 e. The summed E-state index contributed by atoms with van der Waals surface area (Å²) in [6, 6.07) is 8.10. The van der Waals surface area contributed by atoms with E-state index in [-0.39, 0.29) is 0 Å². The van der Waals surface area contributed by atoms with Crippen molar-refractivity contribution in [3.05, 3.63) is 41.9 Å². The van der Waals surface area contributed by atoms with Crippen molar-refractivity contribution in [2.75, 3.05) is 19.6 Å². The number of nitriles is 1. The van der Waals surface area contributed by atoms with Gasteiger partial charge < -0.3 is 9.88 Å². The molecule has 2 aromatic rings. The highest BCUT2D eigenvalue weighted by atomic mass is 15.1. The average molecular weight is 280 g/mol. The Morgan fingerprint density at radius 3 is 2.86 bits per heavy atom. The molecule has 0 amide bonds. The smallest absolute Gasteiger partial charge is 0.0991 e. The number of unbranched alkanes of at least 4 members (excludes halogenated alkanes) is 1. The fourth-order valence-electron chi connectivity index (χ4n) is 3.13. The first-order valence-corrected chi connectivity index (χ1v) is 7.91. The number of nitrogens with zero attached hydrogens (tertiary/aromatic N) is 2. The molecular formula is C18H22N3. The summed E-state index contributed by atoms with van der Waals surface area (Å²) in [5.41, 5.74) is 3.22. The van der Waals surface area contributed by atoms with Gasteiger partial charge >= 0.3 is 0 Å². The lowest BCUT2D eigenvalue weighted by molar-refractivity contribution is 0.249. The number of aromatic nitrogens is 1. The van der Waals surface area contributed by atoms with Gasteiger partial charge in [-0.2, -0.15) is 5.26 Å². The number of benzene rings is 1. The first-order chi connectivity index (χ1) is 10.4. The lowest BCUT2D eigenvalue weighted by Crippen LogP contribution is -2.30. The predicted molar refractivity (Wildman–Crippen MR) is 85.9 cm³/mol. The van der Waals surface area contributed by atoms with Crippen LogP contribution < -0.4 is 0 Å². The molecule has 1 aliphatic heterocycles. The van der Waals surface area contributed by atoms with Gasteiger partial charge in [0.25, 0.3) is 0 Å². The molecule has 0 aliphatic carbocycles. The van der Waals surface area contributed by atoms with Gasteiger partial charge in [-0.05, 0) is 81.9 Å². The molecule has 0 unspecified atom stereocenters. The van der Waals surface area contributed by atoms with Crippen LogP contribution in [0.15, 0.2) is 24.4 Å². The largest absolute Gasteiger partial charge is 0.361 e. The van der Waals surface area contributed by atoms with E-state index in [1.54, 1.807) is 0 Å². The Hall–Kier alpha value is -1.79. The highest BCUT2D eigenvalue weighted by Crippen LogP contribution is 2.21. The Balaban J connectivity index is 1.54. The molecule has 3 nitrogen and oxygen atoms in total. The van der Waals surface area contributed by atoms with Crippen LogP contribution in [0.25, 0.3) is 10.9 Å². The molecule has 0 bridgehead atoms. The summed E-state index contributed by atoms with van der Waals surface area (Å²) in [7, 11) is 0. The van der Waals surface area contributed by atoms with E-state index < -0.39 is 0 Å². The van der Waals surface area contributed by atoms with Gasteiger partial charge in [-0.15, -0.1) is 0 Å².